The third kappa shape index (κ3) is 5.44. The first-order chi connectivity index (χ1) is 10.3. The fraction of sp³-hybridized carbons (Fsp3) is 0.933. The molecule has 4 atom stereocenters. The van der Waals surface area contributed by atoms with Crippen molar-refractivity contribution in [2.75, 3.05) is 7.05 Å². The number of hydrogen-bond acceptors (Lipinski definition) is 4. The monoisotopic (exact) mass is 320 g/mol. The normalized spacial score (nSPS) is 27.9. The summed E-state index contributed by atoms with van der Waals surface area (Å²) in [6.07, 6.45) is 2.63. The fourth-order valence-corrected chi connectivity index (χ4v) is 3.24. The summed E-state index contributed by atoms with van der Waals surface area (Å²) < 4.78 is 24.7. The Morgan fingerprint density at radius 2 is 2.05 bits per heavy atom. The maximum atomic E-state index is 12.3. The molecule has 0 aliphatic heterocycles. The highest BCUT2D eigenvalue weighted by Gasteiger charge is 2.37. The lowest BCUT2D eigenvalue weighted by atomic mass is 9.92. The highest BCUT2D eigenvalue weighted by Crippen LogP contribution is 2.33. The van der Waals surface area contributed by atoms with Crippen LogP contribution in [0.15, 0.2) is 0 Å². The molecule has 1 amide bonds. The molecule has 1 saturated carbocycles. The van der Waals surface area contributed by atoms with Crippen LogP contribution >= 0.6 is 0 Å². The van der Waals surface area contributed by atoms with Gasteiger partial charge in [-0.3, -0.25) is 4.79 Å². The van der Waals surface area contributed by atoms with Gasteiger partial charge in [-0.05, 0) is 45.6 Å². The Labute approximate surface area is 131 Å². The van der Waals surface area contributed by atoms with E-state index in [1.807, 2.05) is 7.05 Å². The lowest BCUT2D eigenvalue weighted by Crippen LogP contribution is -2.47. The van der Waals surface area contributed by atoms with Crippen molar-refractivity contribution in [2.24, 2.45) is 11.5 Å². The second-order valence-corrected chi connectivity index (χ2v) is 6.41. The van der Waals surface area contributed by atoms with Gasteiger partial charge >= 0.3 is 0 Å². The molecule has 1 fully saturated rings. The van der Waals surface area contributed by atoms with Crippen LogP contribution in [0, 0.1) is 0 Å². The Bertz CT molecular complexity index is 356. The molecular formula is C15H30F2N4O. The summed E-state index contributed by atoms with van der Waals surface area (Å²) in [5.74, 6) is -0.269. The smallest absolute Gasteiger partial charge is 0.253 e. The van der Waals surface area contributed by atoms with E-state index in [1.54, 1.807) is 0 Å². The molecule has 0 aromatic rings. The van der Waals surface area contributed by atoms with Crippen LogP contribution in [0.25, 0.3) is 0 Å². The molecule has 1 aliphatic carbocycles. The summed E-state index contributed by atoms with van der Waals surface area (Å²) in [6.45, 7) is 2.15. The summed E-state index contributed by atoms with van der Waals surface area (Å²) in [5, 5.41) is 6.33. The minimum atomic E-state index is -2.57. The molecule has 0 heterocycles. The van der Waals surface area contributed by atoms with Gasteiger partial charge in [0.15, 0.2) is 0 Å². The van der Waals surface area contributed by atoms with Gasteiger partial charge in [-0.25, -0.2) is 8.78 Å². The molecule has 6 N–H and O–H groups in total. The van der Waals surface area contributed by atoms with Crippen molar-refractivity contribution in [3.63, 3.8) is 0 Å². The van der Waals surface area contributed by atoms with Crippen LogP contribution < -0.4 is 22.1 Å². The Balaban J connectivity index is 2.39. The number of nitrogens with two attached hydrogens (primary N) is 2. The average molecular weight is 320 g/mol. The van der Waals surface area contributed by atoms with Crippen molar-refractivity contribution < 1.29 is 13.6 Å². The molecule has 130 valence electrons. The van der Waals surface area contributed by atoms with Crippen LogP contribution in [0.5, 0.6) is 0 Å². The number of halogens is 2. The van der Waals surface area contributed by atoms with Gasteiger partial charge in [-0.15, -0.1) is 0 Å². The first kappa shape index (κ1) is 19.3. The first-order valence-electron chi connectivity index (χ1n) is 8.12. The third-order valence-corrected chi connectivity index (χ3v) is 4.69. The van der Waals surface area contributed by atoms with Crippen molar-refractivity contribution in [3.8, 4) is 0 Å². The van der Waals surface area contributed by atoms with Gasteiger partial charge in [-0.2, -0.15) is 0 Å². The minimum Gasteiger partial charge on any atom is -0.352 e. The Morgan fingerprint density at radius 1 is 1.36 bits per heavy atom. The van der Waals surface area contributed by atoms with Crippen LogP contribution in [0.1, 0.15) is 51.9 Å². The van der Waals surface area contributed by atoms with Crippen molar-refractivity contribution in [3.05, 3.63) is 0 Å². The van der Waals surface area contributed by atoms with Gasteiger partial charge in [0, 0.05) is 11.6 Å². The molecule has 22 heavy (non-hydrogen) atoms. The van der Waals surface area contributed by atoms with Gasteiger partial charge in [0.1, 0.15) is 0 Å². The standard InChI is InChI=1S/C15H30F2N4O/c1-3-7-15(20-2)8-6-10(9-15)21-14(22)12(19)5-4-11(18)13(16)17/h10-13,20H,3-9,18-19H2,1-2H3,(H,21,22). The van der Waals surface area contributed by atoms with Crippen LogP contribution in [0.4, 0.5) is 8.78 Å². The lowest BCUT2D eigenvalue weighted by Gasteiger charge is -2.29. The summed E-state index contributed by atoms with van der Waals surface area (Å²) in [7, 11) is 1.96. The second-order valence-electron chi connectivity index (χ2n) is 6.41. The predicted octanol–water partition coefficient (Wildman–Crippen LogP) is 1.11. The molecule has 0 spiro atoms. The fourth-order valence-electron chi connectivity index (χ4n) is 3.24. The maximum Gasteiger partial charge on any atom is 0.253 e. The van der Waals surface area contributed by atoms with E-state index in [-0.39, 0.29) is 30.3 Å². The van der Waals surface area contributed by atoms with Crippen LogP contribution in [0.3, 0.4) is 0 Å². The summed E-state index contributed by atoms with van der Waals surface area (Å²) in [4.78, 5) is 12.1. The third-order valence-electron chi connectivity index (χ3n) is 4.69. The molecule has 4 unspecified atom stereocenters. The predicted molar refractivity (Wildman–Crippen MR) is 83.7 cm³/mol. The Kier molecular flexibility index (Phi) is 7.65. The van der Waals surface area contributed by atoms with E-state index < -0.39 is 18.5 Å². The SMILES string of the molecule is CCCC1(NC)CCC(NC(=O)C(N)CCC(N)C(F)F)C1. The largest absolute Gasteiger partial charge is 0.352 e. The number of amides is 1. The molecule has 1 rings (SSSR count). The Morgan fingerprint density at radius 3 is 2.59 bits per heavy atom. The molecule has 0 radical (unpaired) electrons. The quantitative estimate of drug-likeness (QED) is 0.512. The van der Waals surface area contributed by atoms with Crippen LogP contribution in [-0.4, -0.2) is 43.0 Å². The van der Waals surface area contributed by atoms with Crippen LogP contribution in [0.2, 0.25) is 0 Å². The zero-order valence-electron chi connectivity index (χ0n) is 13.6. The molecule has 5 nitrogen and oxygen atoms in total. The molecule has 0 bridgehead atoms. The van der Waals surface area contributed by atoms with Crippen molar-refractivity contribution in [2.45, 2.75) is 82.0 Å². The van der Waals surface area contributed by atoms with E-state index in [9.17, 15) is 13.6 Å². The molecule has 1 aliphatic rings. The number of carbonyl (C=O) groups is 1. The van der Waals surface area contributed by atoms with E-state index >= 15 is 0 Å². The molecule has 0 aromatic carbocycles. The summed E-state index contributed by atoms with van der Waals surface area (Å²) in [6, 6.07) is -1.89. The van der Waals surface area contributed by atoms with Crippen LogP contribution in [-0.2, 0) is 4.79 Å². The zero-order valence-corrected chi connectivity index (χ0v) is 13.6. The molecule has 0 aromatic heterocycles. The summed E-state index contributed by atoms with van der Waals surface area (Å²) in [5.41, 5.74) is 11.1. The van der Waals surface area contributed by atoms with Crippen molar-refractivity contribution in [1.29, 1.82) is 0 Å². The minimum absolute atomic E-state index is 0.0488. The summed E-state index contributed by atoms with van der Waals surface area (Å²) >= 11 is 0. The van der Waals surface area contributed by atoms with Gasteiger partial charge in [0.2, 0.25) is 5.91 Å². The van der Waals surface area contributed by atoms with E-state index in [4.69, 9.17) is 11.5 Å². The lowest BCUT2D eigenvalue weighted by molar-refractivity contribution is -0.123. The van der Waals surface area contributed by atoms with E-state index in [0.717, 1.165) is 32.1 Å². The van der Waals surface area contributed by atoms with Crippen molar-refractivity contribution in [1.82, 2.24) is 10.6 Å². The second kappa shape index (κ2) is 8.74. The highest BCUT2D eigenvalue weighted by molar-refractivity contribution is 5.81. The zero-order chi connectivity index (χ0) is 16.8. The van der Waals surface area contributed by atoms with E-state index in [0.29, 0.717) is 0 Å². The molecule has 0 saturated heterocycles. The number of carbonyl (C=O) groups excluding carboxylic acids is 1. The molecular weight excluding hydrogens is 290 g/mol. The maximum absolute atomic E-state index is 12.3. The Hall–Kier alpha value is -0.790. The average Bonchev–Trinajstić information content (AvgIpc) is 2.88. The van der Waals surface area contributed by atoms with Gasteiger partial charge < -0.3 is 22.1 Å². The van der Waals surface area contributed by atoms with E-state index in [1.165, 1.54) is 0 Å². The van der Waals surface area contributed by atoms with Gasteiger partial charge in [0.05, 0.1) is 12.1 Å². The number of alkyl halides is 2. The van der Waals surface area contributed by atoms with E-state index in [2.05, 4.69) is 17.6 Å². The van der Waals surface area contributed by atoms with Gasteiger partial charge in [0.25, 0.3) is 6.43 Å². The van der Waals surface area contributed by atoms with Gasteiger partial charge in [-0.1, -0.05) is 13.3 Å². The first-order valence-corrected chi connectivity index (χ1v) is 8.12. The van der Waals surface area contributed by atoms with Crippen molar-refractivity contribution >= 4 is 5.91 Å². The number of nitrogens with one attached hydrogen (secondary N) is 2. The number of rotatable bonds is 9. The highest BCUT2D eigenvalue weighted by atomic mass is 19.3. The molecule has 7 heteroatoms. The topological polar surface area (TPSA) is 93.2 Å². The number of hydrogen-bond donors (Lipinski definition) is 4.